The van der Waals surface area contributed by atoms with Gasteiger partial charge in [0, 0.05) is 13.1 Å². The SMILES string of the molecule is CN(c1cc(C(=O)OOC(C)(C)C)ccc1N)C1CCCCC1. The van der Waals surface area contributed by atoms with Crippen LogP contribution in [-0.4, -0.2) is 24.7 Å². The van der Waals surface area contributed by atoms with Crippen molar-refractivity contribution >= 4 is 17.3 Å². The summed E-state index contributed by atoms with van der Waals surface area (Å²) in [4.78, 5) is 24.3. The van der Waals surface area contributed by atoms with Crippen LogP contribution in [0.25, 0.3) is 0 Å². The Balaban J connectivity index is 2.13. The Bertz CT molecular complexity index is 546. The van der Waals surface area contributed by atoms with Crippen LogP contribution in [0.1, 0.15) is 63.2 Å². The van der Waals surface area contributed by atoms with Gasteiger partial charge in [0.15, 0.2) is 0 Å². The van der Waals surface area contributed by atoms with E-state index in [0.717, 1.165) is 18.5 Å². The van der Waals surface area contributed by atoms with Gasteiger partial charge in [0.05, 0.1) is 16.9 Å². The van der Waals surface area contributed by atoms with E-state index in [4.69, 9.17) is 15.5 Å². The highest BCUT2D eigenvalue weighted by atomic mass is 17.2. The fourth-order valence-electron chi connectivity index (χ4n) is 2.85. The number of carbonyl (C=O) groups is 1. The molecule has 0 aliphatic heterocycles. The van der Waals surface area contributed by atoms with Crippen LogP contribution in [0.4, 0.5) is 11.4 Å². The molecule has 1 fully saturated rings. The lowest BCUT2D eigenvalue weighted by Crippen LogP contribution is -2.34. The smallest absolute Gasteiger partial charge is 0.373 e. The van der Waals surface area contributed by atoms with Crippen LogP contribution in [-0.2, 0) is 9.78 Å². The van der Waals surface area contributed by atoms with Crippen molar-refractivity contribution in [3.63, 3.8) is 0 Å². The molecule has 0 bridgehead atoms. The van der Waals surface area contributed by atoms with Gasteiger partial charge in [-0.05, 0) is 51.8 Å². The van der Waals surface area contributed by atoms with Crippen molar-refractivity contribution in [2.45, 2.75) is 64.5 Å². The molecule has 2 rings (SSSR count). The molecule has 5 nitrogen and oxygen atoms in total. The summed E-state index contributed by atoms with van der Waals surface area (Å²) in [7, 11) is 2.04. The topological polar surface area (TPSA) is 64.8 Å². The van der Waals surface area contributed by atoms with Crippen LogP contribution in [0.2, 0.25) is 0 Å². The van der Waals surface area contributed by atoms with Gasteiger partial charge in [-0.25, -0.2) is 4.79 Å². The van der Waals surface area contributed by atoms with Crippen LogP contribution >= 0.6 is 0 Å². The third-order valence-electron chi connectivity index (χ3n) is 4.14. The lowest BCUT2D eigenvalue weighted by Gasteiger charge is -2.33. The van der Waals surface area contributed by atoms with Gasteiger partial charge in [0.2, 0.25) is 0 Å². The van der Waals surface area contributed by atoms with E-state index in [-0.39, 0.29) is 0 Å². The Labute approximate surface area is 138 Å². The van der Waals surface area contributed by atoms with Crippen LogP contribution in [0.15, 0.2) is 18.2 Å². The molecule has 1 aromatic carbocycles. The highest BCUT2D eigenvalue weighted by Gasteiger charge is 2.22. The maximum absolute atomic E-state index is 12.1. The van der Waals surface area contributed by atoms with Crippen molar-refractivity contribution in [3.8, 4) is 0 Å². The average Bonchev–Trinajstić information content (AvgIpc) is 2.52. The molecule has 128 valence electrons. The summed E-state index contributed by atoms with van der Waals surface area (Å²) in [5, 5.41) is 0. The molecule has 0 spiro atoms. The van der Waals surface area contributed by atoms with Gasteiger partial charge in [-0.3, -0.25) is 4.89 Å². The molecule has 0 radical (unpaired) electrons. The number of carbonyl (C=O) groups excluding carboxylic acids is 1. The summed E-state index contributed by atoms with van der Waals surface area (Å²) in [6, 6.07) is 5.69. The molecule has 0 amide bonds. The number of nitrogen functional groups attached to an aromatic ring is 1. The van der Waals surface area contributed by atoms with Crippen molar-refractivity contribution < 1.29 is 14.6 Å². The van der Waals surface area contributed by atoms with Crippen molar-refractivity contribution in [2.24, 2.45) is 0 Å². The molecule has 5 heteroatoms. The summed E-state index contributed by atoms with van der Waals surface area (Å²) >= 11 is 0. The standard InChI is InChI=1S/C18H28N2O3/c1-18(2,3)23-22-17(21)13-10-11-15(19)16(12-13)20(4)14-8-6-5-7-9-14/h10-12,14H,5-9,19H2,1-4H3. The van der Waals surface area contributed by atoms with Gasteiger partial charge in [-0.1, -0.05) is 19.3 Å². The number of anilines is 2. The van der Waals surface area contributed by atoms with Gasteiger partial charge in [-0.2, -0.15) is 4.89 Å². The lowest BCUT2D eigenvalue weighted by atomic mass is 9.94. The van der Waals surface area contributed by atoms with E-state index >= 15 is 0 Å². The monoisotopic (exact) mass is 320 g/mol. The van der Waals surface area contributed by atoms with E-state index in [0.29, 0.717) is 17.3 Å². The predicted octanol–water partition coefficient (Wildman–Crippen LogP) is 3.92. The Kier molecular flexibility index (Phi) is 5.52. The lowest BCUT2D eigenvalue weighted by molar-refractivity contribution is -0.301. The summed E-state index contributed by atoms with van der Waals surface area (Å²) in [6.07, 6.45) is 6.12. The van der Waals surface area contributed by atoms with Gasteiger partial charge < -0.3 is 10.6 Å². The van der Waals surface area contributed by atoms with E-state index < -0.39 is 11.6 Å². The minimum absolute atomic E-state index is 0.445. The second-order valence-corrected chi connectivity index (χ2v) is 7.24. The molecule has 0 aromatic heterocycles. The Morgan fingerprint density at radius 2 is 1.87 bits per heavy atom. The summed E-state index contributed by atoms with van der Waals surface area (Å²) in [5.41, 5.74) is 7.57. The van der Waals surface area contributed by atoms with E-state index in [9.17, 15) is 4.79 Å². The molecule has 1 saturated carbocycles. The first kappa shape index (κ1) is 17.6. The molecule has 1 aliphatic rings. The van der Waals surface area contributed by atoms with Gasteiger partial charge in [-0.15, -0.1) is 0 Å². The molecule has 0 atom stereocenters. The molecular formula is C18H28N2O3. The van der Waals surface area contributed by atoms with E-state index in [1.807, 2.05) is 27.8 Å². The highest BCUT2D eigenvalue weighted by molar-refractivity contribution is 5.91. The Morgan fingerprint density at radius 3 is 2.48 bits per heavy atom. The minimum atomic E-state index is -0.537. The number of nitrogens with two attached hydrogens (primary N) is 1. The summed E-state index contributed by atoms with van der Waals surface area (Å²) in [6.45, 7) is 5.47. The average molecular weight is 320 g/mol. The van der Waals surface area contributed by atoms with E-state index in [1.165, 1.54) is 19.3 Å². The van der Waals surface area contributed by atoms with Crippen LogP contribution in [0.3, 0.4) is 0 Å². The summed E-state index contributed by atoms with van der Waals surface area (Å²) < 4.78 is 0. The first-order valence-corrected chi connectivity index (χ1v) is 8.30. The van der Waals surface area contributed by atoms with Crippen LogP contribution in [0, 0.1) is 0 Å². The molecule has 0 saturated heterocycles. The largest absolute Gasteiger partial charge is 0.397 e. The van der Waals surface area contributed by atoms with Crippen molar-refractivity contribution in [2.75, 3.05) is 17.7 Å². The molecule has 23 heavy (non-hydrogen) atoms. The molecule has 1 aromatic rings. The summed E-state index contributed by atoms with van der Waals surface area (Å²) in [5.74, 6) is -0.502. The van der Waals surface area contributed by atoms with Gasteiger partial charge >= 0.3 is 5.97 Å². The Morgan fingerprint density at radius 1 is 1.22 bits per heavy atom. The number of hydrogen-bond acceptors (Lipinski definition) is 5. The van der Waals surface area contributed by atoms with Crippen molar-refractivity contribution in [1.82, 2.24) is 0 Å². The van der Waals surface area contributed by atoms with Crippen LogP contribution < -0.4 is 10.6 Å². The zero-order chi connectivity index (χ0) is 17.0. The second-order valence-electron chi connectivity index (χ2n) is 7.24. The second kappa shape index (κ2) is 7.21. The fraction of sp³-hybridized carbons (Fsp3) is 0.611. The third kappa shape index (κ3) is 4.86. The Hall–Kier alpha value is -1.75. The molecule has 0 unspecified atom stereocenters. The van der Waals surface area contributed by atoms with E-state index in [1.54, 1.807) is 18.2 Å². The zero-order valence-electron chi connectivity index (χ0n) is 14.6. The number of rotatable bonds is 4. The minimum Gasteiger partial charge on any atom is -0.397 e. The van der Waals surface area contributed by atoms with Crippen LogP contribution in [0.5, 0.6) is 0 Å². The number of hydrogen-bond donors (Lipinski definition) is 1. The molecule has 0 heterocycles. The number of benzene rings is 1. The first-order chi connectivity index (χ1) is 10.8. The van der Waals surface area contributed by atoms with Gasteiger partial charge in [0.25, 0.3) is 0 Å². The molecular weight excluding hydrogens is 292 g/mol. The maximum atomic E-state index is 12.1. The van der Waals surface area contributed by atoms with Crippen molar-refractivity contribution in [3.05, 3.63) is 23.8 Å². The molecule has 2 N–H and O–H groups in total. The zero-order valence-corrected chi connectivity index (χ0v) is 14.6. The maximum Gasteiger partial charge on any atom is 0.373 e. The normalized spacial score (nSPS) is 16.2. The van der Waals surface area contributed by atoms with Crippen molar-refractivity contribution in [1.29, 1.82) is 0 Å². The highest BCUT2D eigenvalue weighted by Crippen LogP contribution is 2.30. The quantitative estimate of drug-likeness (QED) is 0.517. The van der Waals surface area contributed by atoms with E-state index in [2.05, 4.69) is 4.90 Å². The fourth-order valence-corrected chi connectivity index (χ4v) is 2.85. The molecule has 1 aliphatic carbocycles. The first-order valence-electron chi connectivity index (χ1n) is 8.30. The predicted molar refractivity (Wildman–Crippen MR) is 92.4 cm³/mol. The number of nitrogens with zero attached hydrogens (tertiary/aromatic N) is 1. The van der Waals surface area contributed by atoms with Gasteiger partial charge in [0.1, 0.15) is 5.60 Å². The third-order valence-corrected chi connectivity index (χ3v) is 4.14.